The Morgan fingerprint density at radius 1 is 1.50 bits per heavy atom. The molecule has 0 spiro atoms. The zero-order valence-electron chi connectivity index (χ0n) is 10.8. The van der Waals surface area contributed by atoms with Crippen LogP contribution in [-0.4, -0.2) is 35.2 Å². The summed E-state index contributed by atoms with van der Waals surface area (Å²) in [6.07, 6.45) is 5.17. The molecule has 0 aliphatic rings. The van der Waals surface area contributed by atoms with Crippen molar-refractivity contribution in [3.05, 3.63) is 11.7 Å². The van der Waals surface area contributed by atoms with Crippen molar-refractivity contribution in [2.24, 2.45) is 0 Å². The second-order valence-electron chi connectivity index (χ2n) is 4.08. The Morgan fingerprint density at radius 2 is 2.17 bits per heavy atom. The van der Waals surface area contributed by atoms with Crippen LogP contribution in [0.2, 0.25) is 0 Å². The van der Waals surface area contributed by atoms with Gasteiger partial charge in [0.25, 0.3) is 0 Å². The van der Waals surface area contributed by atoms with E-state index in [9.17, 15) is 8.42 Å². The summed E-state index contributed by atoms with van der Waals surface area (Å²) < 4.78 is 29.7. The van der Waals surface area contributed by atoms with Crippen LogP contribution in [0, 0.1) is 12.3 Å². The highest BCUT2D eigenvalue weighted by atomic mass is 32.2. The number of terminal acetylenes is 1. The van der Waals surface area contributed by atoms with Crippen LogP contribution < -0.4 is 0 Å². The Morgan fingerprint density at radius 3 is 2.61 bits per heavy atom. The molecule has 7 heteroatoms. The maximum Gasteiger partial charge on any atom is 0.229 e. The summed E-state index contributed by atoms with van der Waals surface area (Å²) in [5.41, 5.74) is 0. The van der Waals surface area contributed by atoms with Crippen LogP contribution in [0.15, 0.2) is 4.52 Å². The zero-order chi connectivity index (χ0) is 13.8. The molecular formula is C11H17N3O3S. The van der Waals surface area contributed by atoms with E-state index in [1.54, 1.807) is 6.92 Å². The van der Waals surface area contributed by atoms with Crippen LogP contribution in [-0.2, 0) is 16.6 Å². The quantitative estimate of drug-likeness (QED) is 0.721. The van der Waals surface area contributed by atoms with Crippen LogP contribution in [0.4, 0.5) is 0 Å². The summed E-state index contributed by atoms with van der Waals surface area (Å²) >= 11 is 0. The summed E-state index contributed by atoms with van der Waals surface area (Å²) in [5.74, 6) is 3.23. The standard InChI is InChI=1S/C11H17N3O3S/c1-5-7-14(18(15,16)6-2)8-10-12-11(9(3)4)17-13-10/h1,9H,6-8H2,2-4H3. The lowest BCUT2D eigenvalue weighted by molar-refractivity contribution is 0.353. The molecule has 0 aliphatic carbocycles. The minimum atomic E-state index is -3.36. The highest BCUT2D eigenvalue weighted by Crippen LogP contribution is 2.13. The fourth-order valence-corrected chi connectivity index (χ4v) is 2.21. The molecule has 0 fully saturated rings. The number of hydrogen-bond donors (Lipinski definition) is 0. The maximum atomic E-state index is 11.8. The van der Waals surface area contributed by atoms with Gasteiger partial charge in [-0.3, -0.25) is 0 Å². The third-order valence-electron chi connectivity index (χ3n) is 2.32. The fraction of sp³-hybridized carbons (Fsp3) is 0.636. The molecule has 0 atom stereocenters. The van der Waals surface area contributed by atoms with E-state index in [1.807, 2.05) is 13.8 Å². The third kappa shape index (κ3) is 3.55. The van der Waals surface area contributed by atoms with Gasteiger partial charge in [0.05, 0.1) is 18.8 Å². The van der Waals surface area contributed by atoms with Crippen molar-refractivity contribution in [1.82, 2.24) is 14.4 Å². The normalized spacial score (nSPS) is 12.0. The molecule has 0 aromatic carbocycles. The monoisotopic (exact) mass is 271 g/mol. The van der Waals surface area contributed by atoms with E-state index in [2.05, 4.69) is 16.1 Å². The zero-order valence-corrected chi connectivity index (χ0v) is 11.6. The predicted molar refractivity (Wildman–Crippen MR) is 67.1 cm³/mol. The van der Waals surface area contributed by atoms with Crippen molar-refractivity contribution in [2.45, 2.75) is 33.2 Å². The molecular weight excluding hydrogens is 254 g/mol. The summed E-state index contributed by atoms with van der Waals surface area (Å²) in [7, 11) is -3.36. The first-order valence-electron chi connectivity index (χ1n) is 5.64. The predicted octanol–water partition coefficient (Wildman–Crippen LogP) is 0.978. The summed E-state index contributed by atoms with van der Waals surface area (Å²) in [4.78, 5) is 4.13. The van der Waals surface area contributed by atoms with Gasteiger partial charge in [0.15, 0.2) is 5.82 Å². The minimum Gasteiger partial charge on any atom is -0.339 e. The Balaban J connectivity index is 2.87. The molecule has 0 aliphatic heterocycles. The van der Waals surface area contributed by atoms with Crippen LogP contribution in [0.5, 0.6) is 0 Å². The molecule has 1 rings (SSSR count). The van der Waals surface area contributed by atoms with Gasteiger partial charge >= 0.3 is 0 Å². The summed E-state index contributed by atoms with van der Waals surface area (Å²) in [5, 5.41) is 3.75. The van der Waals surface area contributed by atoms with Crippen LogP contribution in [0.3, 0.4) is 0 Å². The van der Waals surface area contributed by atoms with E-state index in [-0.39, 0.29) is 24.8 Å². The SMILES string of the molecule is C#CCN(Cc1noc(C(C)C)n1)S(=O)(=O)CC. The molecule has 0 amide bonds. The second kappa shape index (κ2) is 5.98. The van der Waals surface area contributed by atoms with Gasteiger partial charge in [-0.15, -0.1) is 6.42 Å². The highest BCUT2D eigenvalue weighted by Gasteiger charge is 2.22. The summed E-state index contributed by atoms with van der Waals surface area (Å²) in [6.45, 7) is 5.44. The molecule has 18 heavy (non-hydrogen) atoms. The third-order valence-corrected chi connectivity index (χ3v) is 4.10. The Hall–Kier alpha value is -1.39. The van der Waals surface area contributed by atoms with Gasteiger partial charge < -0.3 is 4.52 Å². The van der Waals surface area contributed by atoms with Gasteiger partial charge in [-0.05, 0) is 6.92 Å². The minimum absolute atomic E-state index is 0.00171. The lowest BCUT2D eigenvalue weighted by Gasteiger charge is -2.16. The van der Waals surface area contributed by atoms with Crippen LogP contribution in [0.1, 0.15) is 38.4 Å². The van der Waals surface area contributed by atoms with Gasteiger partial charge in [-0.25, -0.2) is 8.42 Å². The first-order valence-corrected chi connectivity index (χ1v) is 7.25. The number of nitrogens with zero attached hydrogens (tertiary/aromatic N) is 3. The maximum absolute atomic E-state index is 11.8. The fourth-order valence-electron chi connectivity index (χ4n) is 1.26. The second-order valence-corrected chi connectivity index (χ2v) is 6.33. The molecule has 0 N–H and O–H groups in total. The number of hydrogen-bond acceptors (Lipinski definition) is 5. The highest BCUT2D eigenvalue weighted by molar-refractivity contribution is 7.89. The van der Waals surface area contributed by atoms with E-state index in [0.717, 1.165) is 0 Å². The van der Waals surface area contributed by atoms with Gasteiger partial charge in [0, 0.05) is 5.92 Å². The lowest BCUT2D eigenvalue weighted by Crippen LogP contribution is -2.32. The summed E-state index contributed by atoms with van der Waals surface area (Å²) in [6, 6.07) is 0. The van der Waals surface area contributed by atoms with Crippen LogP contribution in [0.25, 0.3) is 0 Å². The lowest BCUT2D eigenvalue weighted by atomic mass is 10.2. The molecule has 1 aromatic heterocycles. The first kappa shape index (κ1) is 14.7. The molecule has 0 unspecified atom stereocenters. The van der Waals surface area contributed by atoms with E-state index < -0.39 is 10.0 Å². The van der Waals surface area contributed by atoms with E-state index in [1.165, 1.54) is 4.31 Å². The molecule has 0 saturated carbocycles. The van der Waals surface area contributed by atoms with Gasteiger partial charge in [-0.1, -0.05) is 24.9 Å². The average Bonchev–Trinajstić information content (AvgIpc) is 2.77. The first-order chi connectivity index (χ1) is 8.40. The van der Waals surface area contributed by atoms with E-state index in [0.29, 0.717) is 11.7 Å². The van der Waals surface area contributed by atoms with Gasteiger partial charge in [0.2, 0.25) is 15.9 Å². The van der Waals surface area contributed by atoms with Crippen molar-refractivity contribution in [3.8, 4) is 12.3 Å². The van der Waals surface area contributed by atoms with E-state index in [4.69, 9.17) is 10.9 Å². The smallest absolute Gasteiger partial charge is 0.229 e. The molecule has 0 bridgehead atoms. The average molecular weight is 271 g/mol. The number of rotatable bonds is 6. The molecule has 1 heterocycles. The Bertz CT molecular complexity index is 528. The van der Waals surface area contributed by atoms with Crippen molar-refractivity contribution in [2.75, 3.05) is 12.3 Å². The van der Waals surface area contributed by atoms with Crippen molar-refractivity contribution in [1.29, 1.82) is 0 Å². The van der Waals surface area contributed by atoms with Crippen molar-refractivity contribution in [3.63, 3.8) is 0 Å². The molecule has 0 radical (unpaired) electrons. The Kier molecular flexibility index (Phi) is 4.87. The van der Waals surface area contributed by atoms with Crippen molar-refractivity contribution < 1.29 is 12.9 Å². The topological polar surface area (TPSA) is 76.3 Å². The van der Waals surface area contributed by atoms with Gasteiger partial charge in [0.1, 0.15) is 0 Å². The largest absolute Gasteiger partial charge is 0.339 e. The molecule has 6 nitrogen and oxygen atoms in total. The molecule has 100 valence electrons. The number of aromatic nitrogens is 2. The van der Waals surface area contributed by atoms with Crippen molar-refractivity contribution >= 4 is 10.0 Å². The van der Waals surface area contributed by atoms with E-state index >= 15 is 0 Å². The van der Waals surface area contributed by atoms with Crippen LogP contribution >= 0.6 is 0 Å². The van der Waals surface area contributed by atoms with Gasteiger partial charge in [-0.2, -0.15) is 9.29 Å². The number of sulfonamides is 1. The molecule has 0 saturated heterocycles. The molecule has 1 aromatic rings. The Labute approximate surface area is 107 Å².